The third kappa shape index (κ3) is 3.58. The van der Waals surface area contributed by atoms with Crippen LogP contribution in [0, 0.1) is 0 Å². The van der Waals surface area contributed by atoms with Crippen LogP contribution in [0.5, 0.6) is 5.75 Å². The summed E-state index contributed by atoms with van der Waals surface area (Å²) in [5.41, 5.74) is 1.98. The number of esters is 2. The lowest BCUT2D eigenvalue weighted by Gasteiger charge is -2.02. The first kappa shape index (κ1) is 16.4. The van der Waals surface area contributed by atoms with E-state index in [1.807, 2.05) is 0 Å². The molecule has 1 aliphatic heterocycles. The SMILES string of the molecule is COC(=O)c1ccc(/C=C2/N=C(c3cccc(OC)c3)OC2=O)cc1. The van der Waals surface area contributed by atoms with Gasteiger partial charge in [0, 0.05) is 5.56 Å². The van der Waals surface area contributed by atoms with Crippen molar-refractivity contribution in [2.45, 2.75) is 0 Å². The monoisotopic (exact) mass is 337 g/mol. The Bertz CT molecular complexity index is 881. The smallest absolute Gasteiger partial charge is 0.363 e. The summed E-state index contributed by atoms with van der Waals surface area (Å²) in [5.74, 6) is -0.0823. The van der Waals surface area contributed by atoms with Gasteiger partial charge in [0.05, 0.1) is 19.8 Å². The van der Waals surface area contributed by atoms with Crippen molar-refractivity contribution in [1.82, 2.24) is 0 Å². The van der Waals surface area contributed by atoms with Crippen LogP contribution in [-0.4, -0.2) is 32.1 Å². The molecule has 2 aromatic carbocycles. The van der Waals surface area contributed by atoms with Gasteiger partial charge in [0.2, 0.25) is 5.90 Å². The molecule has 3 rings (SSSR count). The Labute approximate surface area is 144 Å². The Morgan fingerprint density at radius 1 is 1.12 bits per heavy atom. The Morgan fingerprint density at radius 3 is 2.56 bits per heavy atom. The topological polar surface area (TPSA) is 74.2 Å². The Morgan fingerprint density at radius 2 is 1.88 bits per heavy atom. The minimum absolute atomic E-state index is 0.184. The van der Waals surface area contributed by atoms with Crippen LogP contribution in [-0.2, 0) is 14.3 Å². The molecular formula is C19H15NO5. The Balaban J connectivity index is 1.86. The summed E-state index contributed by atoms with van der Waals surface area (Å²) in [6.07, 6.45) is 1.59. The summed E-state index contributed by atoms with van der Waals surface area (Å²) in [7, 11) is 2.88. The fourth-order valence-electron chi connectivity index (χ4n) is 2.28. The standard InChI is InChI=1S/C19H15NO5/c1-23-15-5-3-4-14(11-15)17-20-16(19(22)25-17)10-12-6-8-13(9-7-12)18(21)24-2/h3-11H,1-2H3/b16-10+. The van der Waals surface area contributed by atoms with Crippen molar-refractivity contribution in [2.75, 3.05) is 14.2 Å². The summed E-state index contributed by atoms with van der Waals surface area (Å²) < 4.78 is 15.0. The maximum absolute atomic E-state index is 12.0. The van der Waals surface area contributed by atoms with Crippen LogP contribution in [0.3, 0.4) is 0 Å². The molecule has 0 radical (unpaired) electrons. The van der Waals surface area contributed by atoms with Crippen molar-refractivity contribution in [3.8, 4) is 5.75 Å². The molecule has 0 fully saturated rings. The van der Waals surface area contributed by atoms with Gasteiger partial charge in [-0.1, -0.05) is 18.2 Å². The Kier molecular flexibility index (Phi) is 4.61. The molecule has 0 aliphatic carbocycles. The van der Waals surface area contributed by atoms with Crippen molar-refractivity contribution in [2.24, 2.45) is 4.99 Å². The van der Waals surface area contributed by atoms with E-state index in [9.17, 15) is 9.59 Å². The fourth-order valence-corrected chi connectivity index (χ4v) is 2.28. The van der Waals surface area contributed by atoms with Gasteiger partial charge in [-0.3, -0.25) is 0 Å². The summed E-state index contributed by atoms with van der Waals surface area (Å²) >= 11 is 0. The number of benzene rings is 2. The van der Waals surface area contributed by atoms with Crippen LogP contribution >= 0.6 is 0 Å². The van der Waals surface area contributed by atoms with Gasteiger partial charge in [-0.2, -0.15) is 0 Å². The first-order valence-electron chi connectivity index (χ1n) is 7.46. The lowest BCUT2D eigenvalue weighted by atomic mass is 10.1. The molecule has 1 heterocycles. The normalized spacial score (nSPS) is 14.9. The first-order valence-corrected chi connectivity index (χ1v) is 7.46. The number of carbonyl (C=O) groups is 2. The lowest BCUT2D eigenvalue weighted by Crippen LogP contribution is -2.05. The number of cyclic esters (lactones) is 1. The molecule has 0 unspecified atom stereocenters. The second-order valence-corrected chi connectivity index (χ2v) is 5.18. The van der Waals surface area contributed by atoms with Gasteiger partial charge < -0.3 is 14.2 Å². The molecule has 1 aliphatic rings. The van der Waals surface area contributed by atoms with Crippen molar-refractivity contribution < 1.29 is 23.8 Å². The molecule has 6 nitrogen and oxygen atoms in total. The van der Waals surface area contributed by atoms with Crippen molar-refractivity contribution in [3.63, 3.8) is 0 Å². The summed E-state index contributed by atoms with van der Waals surface area (Å²) in [6, 6.07) is 13.7. The second-order valence-electron chi connectivity index (χ2n) is 5.18. The average Bonchev–Trinajstić information content (AvgIpc) is 3.02. The highest BCUT2D eigenvalue weighted by Crippen LogP contribution is 2.21. The predicted molar refractivity (Wildman–Crippen MR) is 91.4 cm³/mol. The number of carbonyl (C=O) groups excluding carboxylic acids is 2. The van der Waals surface area contributed by atoms with Crippen LogP contribution in [0.15, 0.2) is 59.2 Å². The third-order valence-electron chi connectivity index (χ3n) is 3.57. The molecule has 0 atom stereocenters. The van der Waals surface area contributed by atoms with Crippen LogP contribution < -0.4 is 4.74 Å². The number of aliphatic imine (C=N–C) groups is 1. The maximum Gasteiger partial charge on any atom is 0.363 e. The number of rotatable bonds is 4. The van der Waals surface area contributed by atoms with E-state index in [1.165, 1.54) is 7.11 Å². The maximum atomic E-state index is 12.0. The van der Waals surface area contributed by atoms with Gasteiger partial charge >= 0.3 is 11.9 Å². The van der Waals surface area contributed by atoms with E-state index < -0.39 is 11.9 Å². The summed E-state index contributed by atoms with van der Waals surface area (Å²) in [5, 5.41) is 0. The van der Waals surface area contributed by atoms with Gasteiger partial charge in [-0.15, -0.1) is 0 Å². The van der Waals surface area contributed by atoms with Crippen LogP contribution in [0.25, 0.3) is 6.08 Å². The van der Waals surface area contributed by atoms with Crippen molar-refractivity contribution in [3.05, 3.63) is 70.9 Å². The van der Waals surface area contributed by atoms with E-state index in [2.05, 4.69) is 9.73 Å². The first-order chi connectivity index (χ1) is 12.1. The van der Waals surface area contributed by atoms with Crippen LogP contribution in [0.2, 0.25) is 0 Å². The molecule has 0 amide bonds. The molecule has 126 valence electrons. The van der Waals surface area contributed by atoms with E-state index in [1.54, 1.807) is 61.7 Å². The van der Waals surface area contributed by atoms with Gasteiger partial charge in [-0.05, 0) is 42.0 Å². The molecule has 0 N–H and O–H groups in total. The molecule has 0 bridgehead atoms. The number of hydrogen-bond donors (Lipinski definition) is 0. The number of hydrogen-bond acceptors (Lipinski definition) is 6. The molecule has 0 saturated carbocycles. The highest BCUT2D eigenvalue weighted by Gasteiger charge is 2.24. The van der Waals surface area contributed by atoms with Gasteiger partial charge in [0.25, 0.3) is 0 Å². The number of ether oxygens (including phenoxy) is 3. The zero-order valence-electron chi connectivity index (χ0n) is 13.7. The molecule has 25 heavy (non-hydrogen) atoms. The van der Waals surface area contributed by atoms with E-state index in [0.717, 1.165) is 5.56 Å². The van der Waals surface area contributed by atoms with E-state index in [4.69, 9.17) is 9.47 Å². The molecule has 6 heteroatoms. The molecule has 2 aromatic rings. The lowest BCUT2D eigenvalue weighted by molar-refractivity contribution is -0.129. The zero-order chi connectivity index (χ0) is 17.8. The van der Waals surface area contributed by atoms with Gasteiger partial charge in [-0.25, -0.2) is 14.6 Å². The molecular weight excluding hydrogens is 322 g/mol. The quantitative estimate of drug-likeness (QED) is 0.633. The van der Waals surface area contributed by atoms with E-state index in [0.29, 0.717) is 16.9 Å². The average molecular weight is 337 g/mol. The largest absolute Gasteiger partial charge is 0.497 e. The second kappa shape index (κ2) is 7.00. The van der Waals surface area contributed by atoms with Crippen molar-refractivity contribution in [1.29, 1.82) is 0 Å². The minimum atomic E-state index is -0.533. The minimum Gasteiger partial charge on any atom is -0.497 e. The van der Waals surface area contributed by atoms with Gasteiger partial charge in [0.1, 0.15) is 5.75 Å². The van der Waals surface area contributed by atoms with E-state index >= 15 is 0 Å². The van der Waals surface area contributed by atoms with Gasteiger partial charge in [0.15, 0.2) is 5.70 Å². The van der Waals surface area contributed by atoms with Crippen LogP contribution in [0.4, 0.5) is 0 Å². The Hall–Kier alpha value is -3.41. The van der Waals surface area contributed by atoms with Crippen LogP contribution in [0.1, 0.15) is 21.5 Å². The summed E-state index contributed by atoms with van der Waals surface area (Å²) in [6.45, 7) is 0. The zero-order valence-corrected chi connectivity index (χ0v) is 13.7. The third-order valence-corrected chi connectivity index (χ3v) is 3.57. The van der Waals surface area contributed by atoms with Crippen molar-refractivity contribution >= 4 is 23.9 Å². The summed E-state index contributed by atoms with van der Waals surface area (Å²) in [4.78, 5) is 27.7. The molecule has 0 spiro atoms. The number of methoxy groups -OCH3 is 2. The predicted octanol–water partition coefficient (Wildman–Crippen LogP) is 2.83. The highest BCUT2D eigenvalue weighted by molar-refractivity contribution is 6.13. The molecule has 0 saturated heterocycles. The van der Waals surface area contributed by atoms with E-state index in [-0.39, 0.29) is 11.6 Å². The number of nitrogens with zero attached hydrogens (tertiary/aromatic N) is 1. The highest BCUT2D eigenvalue weighted by atomic mass is 16.6. The molecule has 0 aromatic heterocycles. The fraction of sp³-hybridized carbons (Fsp3) is 0.105.